The number of nitrogens with zero attached hydrogens (tertiary/aromatic N) is 2. The normalized spacial score (nSPS) is 15.2. The first-order valence-corrected chi connectivity index (χ1v) is 8.66. The minimum Gasteiger partial charge on any atom is -0.384 e. The topological polar surface area (TPSA) is 64.7 Å². The molecule has 0 atom stereocenters. The van der Waals surface area contributed by atoms with Gasteiger partial charge in [-0.25, -0.2) is 0 Å². The second-order valence-electron chi connectivity index (χ2n) is 6.10. The smallest absolute Gasteiger partial charge is 0.234 e. The summed E-state index contributed by atoms with van der Waals surface area (Å²) in [5, 5.41) is 6.13. The predicted molar refractivity (Wildman–Crippen MR) is 96.0 cm³/mol. The third-order valence-electron chi connectivity index (χ3n) is 4.27. The number of amides is 2. The van der Waals surface area contributed by atoms with Crippen molar-refractivity contribution in [3.05, 3.63) is 29.8 Å². The zero-order valence-corrected chi connectivity index (χ0v) is 14.7. The molecule has 1 fully saturated rings. The van der Waals surface area contributed by atoms with Gasteiger partial charge in [0.2, 0.25) is 11.8 Å². The van der Waals surface area contributed by atoms with Gasteiger partial charge >= 0.3 is 0 Å². The number of hydrogen-bond acceptors (Lipinski definition) is 4. The maximum atomic E-state index is 12.3. The molecule has 2 N–H and O–H groups in total. The van der Waals surface area contributed by atoms with Gasteiger partial charge in [-0.15, -0.1) is 0 Å². The molecule has 1 aliphatic rings. The first kappa shape index (κ1) is 18.3. The second kappa shape index (κ2) is 9.27. The number of nitrogens with one attached hydrogen (secondary N) is 2. The zero-order chi connectivity index (χ0) is 17.4. The van der Waals surface area contributed by atoms with E-state index in [1.165, 1.54) is 5.56 Å². The van der Waals surface area contributed by atoms with Crippen LogP contribution in [-0.2, 0) is 9.59 Å². The van der Waals surface area contributed by atoms with Gasteiger partial charge in [0.25, 0.3) is 0 Å². The first-order valence-electron chi connectivity index (χ1n) is 8.66. The molecule has 0 unspecified atom stereocenters. The van der Waals surface area contributed by atoms with Crippen molar-refractivity contribution < 1.29 is 9.59 Å². The first-order chi connectivity index (χ1) is 11.6. The maximum Gasteiger partial charge on any atom is 0.234 e. The molecule has 0 spiro atoms. The number of aryl methyl sites for hydroxylation is 1. The molecule has 0 bridgehead atoms. The van der Waals surface area contributed by atoms with Crippen molar-refractivity contribution in [1.29, 1.82) is 0 Å². The number of carbonyl (C=O) groups excluding carboxylic acids is 2. The highest BCUT2D eigenvalue weighted by Gasteiger charge is 2.21. The van der Waals surface area contributed by atoms with E-state index in [0.717, 1.165) is 18.8 Å². The van der Waals surface area contributed by atoms with E-state index >= 15 is 0 Å². The molecule has 1 aliphatic heterocycles. The quantitative estimate of drug-likeness (QED) is 0.784. The Morgan fingerprint density at radius 1 is 1.12 bits per heavy atom. The van der Waals surface area contributed by atoms with Gasteiger partial charge in [-0.1, -0.05) is 18.2 Å². The number of likely N-dealkylation sites (N-methyl/N-ethyl adjacent to an activating group) is 1. The molecule has 1 aromatic carbocycles. The van der Waals surface area contributed by atoms with Crippen LogP contribution in [0.3, 0.4) is 0 Å². The van der Waals surface area contributed by atoms with Crippen LogP contribution in [0.25, 0.3) is 0 Å². The van der Waals surface area contributed by atoms with Gasteiger partial charge in [-0.2, -0.15) is 0 Å². The van der Waals surface area contributed by atoms with E-state index in [-0.39, 0.29) is 11.8 Å². The molecular weight excluding hydrogens is 304 g/mol. The van der Waals surface area contributed by atoms with Crippen molar-refractivity contribution in [2.75, 3.05) is 51.1 Å². The van der Waals surface area contributed by atoms with Gasteiger partial charge in [-0.3, -0.25) is 14.5 Å². The molecule has 6 nitrogen and oxygen atoms in total. The summed E-state index contributed by atoms with van der Waals surface area (Å²) in [6, 6.07) is 8.08. The summed E-state index contributed by atoms with van der Waals surface area (Å²) >= 11 is 0. The lowest BCUT2D eigenvalue weighted by molar-refractivity contribution is -0.133. The van der Waals surface area contributed by atoms with Crippen LogP contribution in [-0.4, -0.2) is 67.4 Å². The molecule has 0 aliphatic carbocycles. The monoisotopic (exact) mass is 332 g/mol. The van der Waals surface area contributed by atoms with Gasteiger partial charge in [-0.05, 0) is 25.5 Å². The number of rotatable bonds is 7. The maximum absolute atomic E-state index is 12.3. The van der Waals surface area contributed by atoms with E-state index in [0.29, 0.717) is 39.1 Å². The van der Waals surface area contributed by atoms with Crippen LogP contribution >= 0.6 is 0 Å². The largest absolute Gasteiger partial charge is 0.384 e. The SMILES string of the molecule is CCNC(=O)CN1CCN(C(=O)CCNc2ccccc2C)CC1. The lowest BCUT2D eigenvalue weighted by Gasteiger charge is -2.34. The fourth-order valence-electron chi connectivity index (χ4n) is 2.85. The molecule has 1 heterocycles. The molecule has 0 aromatic heterocycles. The van der Waals surface area contributed by atoms with Crippen molar-refractivity contribution in [2.24, 2.45) is 0 Å². The van der Waals surface area contributed by atoms with Crippen LogP contribution in [0.1, 0.15) is 18.9 Å². The van der Waals surface area contributed by atoms with Crippen molar-refractivity contribution in [1.82, 2.24) is 15.1 Å². The lowest BCUT2D eigenvalue weighted by atomic mass is 10.2. The number of piperazine rings is 1. The lowest BCUT2D eigenvalue weighted by Crippen LogP contribution is -2.51. The van der Waals surface area contributed by atoms with E-state index in [1.54, 1.807) is 0 Å². The molecule has 2 rings (SSSR count). The van der Waals surface area contributed by atoms with E-state index < -0.39 is 0 Å². The fraction of sp³-hybridized carbons (Fsp3) is 0.556. The molecule has 1 saturated heterocycles. The Bertz CT molecular complexity index is 554. The molecular formula is C18H28N4O2. The van der Waals surface area contributed by atoms with Crippen molar-refractivity contribution >= 4 is 17.5 Å². The Labute approximate surface area is 144 Å². The Morgan fingerprint density at radius 3 is 2.50 bits per heavy atom. The molecule has 132 valence electrons. The Morgan fingerprint density at radius 2 is 1.83 bits per heavy atom. The van der Waals surface area contributed by atoms with Gasteiger partial charge in [0.05, 0.1) is 6.54 Å². The van der Waals surface area contributed by atoms with Gasteiger partial charge in [0.15, 0.2) is 0 Å². The van der Waals surface area contributed by atoms with Crippen LogP contribution in [0.5, 0.6) is 0 Å². The Kier molecular flexibility index (Phi) is 7.06. The molecule has 6 heteroatoms. The van der Waals surface area contributed by atoms with Crippen molar-refractivity contribution in [3.8, 4) is 0 Å². The van der Waals surface area contributed by atoms with Crippen LogP contribution in [0.15, 0.2) is 24.3 Å². The highest BCUT2D eigenvalue weighted by molar-refractivity contribution is 5.78. The summed E-state index contributed by atoms with van der Waals surface area (Å²) in [6.45, 7) is 8.60. The van der Waals surface area contributed by atoms with Crippen LogP contribution < -0.4 is 10.6 Å². The predicted octanol–water partition coefficient (Wildman–Crippen LogP) is 1.08. The number of hydrogen-bond donors (Lipinski definition) is 2. The summed E-state index contributed by atoms with van der Waals surface area (Å²) in [4.78, 5) is 27.9. The van der Waals surface area contributed by atoms with E-state index in [9.17, 15) is 9.59 Å². The molecule has 0 saturated carbocycles. The average Bonchev–Trinajstić information content (AvgIpc) is 2.57. The minimum absolute atomic E-state index is 0.0553. The molecule has 1 aromatic rings. The third-order valence-corrected chi connectivity index (χ3v) is 4.27. The average molecular weight is 332 g/mol. The van der Waals surface area contributed by atoms with E-state index in [4.69, 9.17) is 0 Å². The highest BCUT2D eigenvalue weighted by Crippen LogP contribution is 2.13. The van der Waals surface area contributed by atoms with Gasteiger partial charge in [0.1, 0.15) is 0 Å². The summed E-state index contributed by atoms with van der Waals surface area (Å²) in [5.41, 5.74) is 2.26. The van der Waals surface area contributed by atoms with E-state index in [1.807, 2.05) is 30.0 Å². The van der Waals surface area contributed by atoms with Gasteiger partial charge in [0, 0.05) is 51.4 Å². The summed E-state index contributed by atoms with van der Waals surface area (Å²) in [6.07, 6.45) is 0.491. The van der Waals surface area contributed by atoms with Crippen LogP contribution in [0, 0.1) is 6.92 Å². The molecule has 0 radical (unpaired) electrons. The number of para-hydroxylation sites is 1. The summed E-state index contributed by atoms with van der Waals surface area (Å²) < 4.78 is 0. The second-order valence-corrected chi connectivity index (χ2v) is 6.10. The Hall–Kier alpha value is -2.08. The number of benzene rings is 1. The molecule has 2 amide bonds. The van der Waals surface area contributed by atoms with Crippen molar-refractivity contribution in [3.63, 3.8) is 0 Å². The summed E-state index contributed by atoms with van der Waals surface area (Å²) in [5.74, 6) is 0.230. The molecule has 24 heavy (non-hydrogen) atoms. The zero-order valence-electron chi connectivity index (χ0n) is 14.7. The van der Waals surface area contributed by atoms with Crippen LogP contribution in [0.2, 0.25) is 0 Å². The van der Waals surface area contributed by atoms with Gasteiger partial charge < -0.3 is 15.5 Å². The minimum atomic E-state index is 0.0553. The van der Waals surface area contributed by atoms with E-state index in [2.05, 4.69) is 28.5 Å². The number of anilines is 1. The highest BCUT2D eigenvalue weighted by atomic mass is 16.2. The van der Waals surface area contributed by atoms with Crippen LogP contribution in [0.4, 0.5) is 5.69 Å². The standard InChI is InChI=1S/C18H28N4O2/c1-3-19-17(23)14-21-10-12-22(13-11-21)18(24)8-9-20-16-7-5-4-6-15(16)2/h4-7,20H,3,8-14H2,1-2H3,(H,19,23). The summed E-state index contributed by atoms with van der Waals surface area (Å²) in [7, 11) is 0. The Balaban J connectivity index is 1.67. The number of carbonyl (C=O) groups is 2. The third kappa shape index (κ3) is 5.53. The fourth-order valence-corrected chi connectivity index (χ4v) is 2.85. The van der Waals surface area contributed by atoms with Crippen molar-refractivity contribution in [2.45, 2.75) is 20.3 Å².